The van der Waals surface area contributed by atoms with E-state index in [1.54, 1.807) is 0 Å². The van der Waals surface area contributed by atoms with Gasteiger partial charge in [0.1, 0.15) is 5.75 Å². The molecule has 3 rings (SSSR count). The molecule has 1 aromatic heterocycles. The molecular weight excluding hydrogens is 489 g/mol. The van der Waals surface area contributed by atoms with Crippen LogP contribution in [-0.4, -0.2) is 34.9 Å². The summed E-state index contributed by atoms with van der Waals surface area (Å²) in [6.07, 6.45) is 6.14. The minimum atomic E-state index is 0. The van der Waals surface area contributed by atoms with E-state index in [1.165, 1.54) is 24.1 Å². The molecule has 2 N–H and O–H groups in total. The second-order valence-corrected chi connectivity index (χ2v) is 8.08. The Morgan fingerprint density at radius 2 is 1.97 bits per heavy atom. The van der Waals surface area contributed by atoms with E-state index in [0.717, 1.165) is 42.2 Å². The quantitative estimate of drug-likeness (QED) is 0.322. The van der Waals surface area contributed by atoms with Gasteiger partial charge in [-0.25, -0.2) is 0 Å². The number of aliphatic imine (C=N–C) groups is 1. The number of ether oxygens (including phenoxy) is 1. The number of halogens is 1. The molecular formula is C23H36IN5O. The SMILES string of the molecule is CN=C(NCc1ccccc1OC1CCCC1)NC(C)Cc1c(C)nn(C)c1C.I. The molecule has 0 bridgehead atoms. The summed E-state index contributed by atoms with van der Waals surface area (Å²) >= 11 is 0. The highest BCUT2D eigenvalue weighted by molar-refractivity contribution is 14.0. The van der Waals surface area contributed by atoms with Crippen molar-refractivity contribution in [3.63, 3.8) is 0 Å². The number of para-hydroxylation sites is 1. The number of aryl methyl sites for hydroxylation is 2. The molecule has 1 fully saturated rings. The first-order chi connectivity index (χ1) is 14.0. The average Bonchev–Trinajstić information content (AvgIpc) is 3.30. The number of nitrogens with zero attached hydrogens (tertiary/aromatic N) is 3. The summed E-state index contributed by atoms with van der Waals surface area (Å²) in [4.78, 5) is 4.40. The molecule has 30 heavy (non-hydrogen) atoms. The van der Waals surface area contributed by atoms with Crippen LogP contribution in [0.3, 0.4) is 0 Å². The van der Waals surface area contributed by atoms with Gasteiger partial charge in [-0.15, -0.1) is 24.0 Å². The van der Waals surface area contributed by atoms with Crippen LogP contribution in [-0.2, 0) is 20.0 Å². The second kappa shape index (κ2) is 11.6. The van der Waals surface area contributed by atoms with E-state index in [4.69, 9.17) is 4.74 Å². The molecule has 1 atom stereocenters. The summed E-state index contributed by atoms with van der Waals surface area (Å²) < 4.78 is 8.20. The maximum atomic E-state index is 6.25. The third-order valence-corrected chi connectivity index (χ3v) is 5.79. The van der Waals surface area contributed by atoms with E-state index in [9.17, 15) is 0 Å². The standard InChI is InChI=1S/C23H35N5O.HI/c1-16(14-21-17(2)27-28(5)18(21)3)26-23(24-4)25-15-19-10-6-9-13-22(19)29-20-11-7-8-12-20;/h6,9-10,13,16,20H,7-8,11-12,14-15H2,1-5H3,(H2,24,25,26);1H. The molecule has 1 aliphatic carbocycles. The van der Waals surface area contributed by atoms with Gasteiger partial charge in [0.05, 0.1) is 11.8 Å². The Hall–Kier alpha value is -1.77. The molecule has 1 unspecified atom stereocenters. The summed E-state index contributed by atoms with van der Waals surface area (Å²) in [6.45, 7) is 7.05. The van der Waals surface area contributed by atoms with Gasteiger partial charge in [-0.2, -0.15) is 5.10 Å². The van der Waals surface area contributed by atoms with Gasteiger partial charge in [0.2, 0.25) is 0 Å². The first-order valence-corrected chi connectivity index (χ1v) is 10.7. The molecule has 1 saturated carbocycles. The minimum Gasteiger partial charge on any atom is -0.490 e. The zero-order chi connectivity index (χ0) is 20.8. The summed E-state index contributed by atoms with van der Waals surface area (Å²) in [7, 11) is 3.80. The Bertz CT molecular complexity index is 842. The Morgan fingerprint density at radius 1 is 1.27 bits per heavy atom. The van der Waals surface area contributed by atoms with Gasteiger partial charge in [0.15, 0.2) is 5.96 Å². The van der Waals surface area contributed by atoms with Crippen molar-refractivity contribution in [1.29, 1.82) is 0 Å². The third-order valence-electron chi connectivity index (χ3n) is 5.79. The lowest BCUT2D eigenvalue weighted by Gasteiger charge is -2.20. The molecule has 0 saturated heterocycles. The molecule has 6 nitrogen and oxygen atoms in total. The van der Waals surface area contributed by atoms with Crippen LogP contribution in [0.2, 0.25) is 0 Å². The van der Waals surface area contributed by atoms with Crippen LogP contribution in [0.15, 0.2) is 29.3 Å². The van der Waals surface area contributed by atoms with Crippen molar-refractivity contribution in [3.05, 3.63) is 46.8 Å². The topological polar surface area (TPSA) is 63.5 Å². The van der Waals surface area contributed by atoms with Crippen molar-refractivity contribution in [2.45, 2.75) is 71.6 Å². The monoisotopic (exact) mass is 525 g/mol. The van der Waals surface area contributed by atoms with E-state index < -0.39 is 0 Å². The lowest BCUT2D eigenvalue weighted by Crippen LogP contribution is -2.42. The van der Waals surface area contributed by atoms with Gasteiger partial charge in [0, 0.05) is 37.9 Å². The predicted octanol–water partition coefficient (Wildman–Crippen LogP) is 4.27. The van der Waals surface area contributed by atoms with Gasteiger partial charge in [-0.05, 0) is 64.5 Å². The number of benzene rings is 1. The van der Waals surface area contributed by atoms with Crippen molar-refractivity contribution in [2.75, 3.05) is 7.05 Å². The molecule has 0 radical (unpaired) electrons. The Labute approximate surface area is 197 Å². The largest absolute Gasteiger partial charge is 0.490 e. The van der Waals surface area contributed by atoms with Crippen molar-refractivity contribution in [2.24, 2.45) is 12.0 Å². The van der Waals surface area contributed by atoms with Crippen LogP contribution < -0.4 is 15.4 Å². The first kappa shape index (κ1) is 24.5. The summed E-state index contributed by atoms with van der Waals surface area (Å²) in [6, 6.07) is 8.54. The number of nitrogens with one attached hydrogen (secondary N) is 2. The third kappa shape index (κ3) is 6.36. The van der Waals surface area contributed by atoms with Gasteiger partial charge in [0.25, 0.3) is 0 Å². The van der Waals surface area contributed by atoms with Crippen molar-refractivity contribution < 1.29 is 4.74 Å². The van der Waals surface area contributed by atoms with Crippen molar-refractivity contribution >= 4 is 29.9 Å². The second-order valence-electron chi connectivity index (χ2n) is 8.08. The number of rotatable bonds is 7. The maximum absolute atomic E-state index is 6.25. The Balaban J connectivity index is 0.00000320. The fourth-order valence-corrected chi connectivity index (χ4v) is 4.03. The highest BCUT2D eigenvalue weighted by Crippen LogP contribution is 2.26. The minimum absolute atomic E-state index is 0. The van der Waals surface area contributed by atoms with Gasteiger partial charge in [-0.3, -0.25) is 9.67 Å². The lowest BCUT2D eigenvalue weighted by molar-refractivity contribution is 0.208. The number of guanidine groups is 1. The molecule has 0 amide bonds. The van der Waals surface area contributed by atoms with Gasteiger partial charge >= 0.3 is 0 Å². The van der Waals surface area contributed by atoms with Crippen LogP contribution in [0.5, 0.6) is 5.75 Å². The number of hydrogen-bond acceptors (Lipinski definition) is 3. The van der Waals surface area contributed by atoms with Gasteiger partial charge < -0.3 is 15.4 Å². The fourth-order valence-electron chi connectivity index (χ4n) is 4.03. The molecule has 0 spiro atoms. The zero-order valence-corrected chi connectivity index (χ0v) is 21.2. The average molecular weight is 525 g/mol. The lowest BCUT2D eigenvalue weighted by atomic mass is 10.1. The predicted molar refractivity (Wildman–Crippen MR) is 134 cm³/mol. The number of aromatic nitrogens is 2. The van der Waals surface area contributed by atoms with Crippen LogP contribution in [0.25, 0.3) is 0 Å². The fraction of sp³-hybridized carbons (Fsp3) is 0.565. The van der Waals surface area contributed by atoms with Crippen molar-refractivity contribution in [1.82, 2.24) is 20.4 Å². The molecule has 1 heterocycles. The zero-order valence-electron chi connectivity index (χ0n) is 18.9. The summed E-state index contributed by atoms with van der Waals surface area (Å²) in [5, 5.41) is 11.5. The van der Waals surface area contributed by atoms with Gasteiger partial charge in [-0.1, -0.05) is 18.2 Å². The van der Waals surface area contributed by atoms with E-state index in [2.05, 4.69) is 59.7 Å². The smallest absolute Gasteiger partial charge is 0.191 e. The van der Waals surface area contributed by atoms with Crippen LogP contribution in [0.4, 0.5) is 0 Å². The van der Waals surface area contributed by atoms with Crippen LogP contribution in [0.1, 0.15) is 55.1 Å². The van der Waals surface area contributed by atoms with Crippen molar-refractivity contribution in [3.8, 4) is 5.75 Å². The van der Waals surface area contributed by atoms with Crippen LogP contribution in [0, 0.1) is 13.8 Å². The first-order valence-electron chi connectivity index (χ1n) is 10.7. The molecule has 7 heteroatoms. The van der Waals surface area contributed by atoms with Crippen LogP contribution >= 0.6 is 24.0 Å². The normalized spacial score (nSPS) is 15.6. The maximum Gasteiger partial charge on any atom is 0.191 e. The molecule has 166 valence electrons. The van der Waals surface area contributed by atoms with E-state index in [-0.39, 0.29) is 30.0 Å². The van der Waals surface area contributed by atoms with E-state index in [1.807, 2.05) is 24.8 Å². The number of hydrogen-bond donors (Lipinski definition) is 2. The summed E-state index contributed by atoms with van der Waals surface area (Å²) in [5.74, 6) is 1.78. The molecule has 0 aliphatic heterocycles. The summed E-state index contributed by atoms with van der Waals surface area (Å²) in [5.41, 5.74) is 4.78. The molecule has 1 aromatic carbocycles. The Morgan fingerprint density at radius 3 is 2.60 bits per heavy atom. The van der Waals surface area contributed by atoms with E-state index in [0.29, 0.717) is 12.6 Å². The Kier molecular flexibility index (Phi) is 9.45. The molecule has 2 aromatic rings. The highest BCUT2D eigenvalue weighted by atomic mass is 127. The molecule has 1 aliphatic rings. The highest BCUT2D eigenvalue weighted by Gasteiger charge is 2.18. The van der Waals surface area contributed by atoms with E-state index >= 15 is 0 Å².